The zero-order chi connectivity index (χ0) is 13.1. The van der Waals surface area contributed by atoms with E-state index >= 15 is 0 Å². The number of carbonyl (C=O) groups is 1. The highest BCUT2D eigenvalue weighted by Gasteiger charge is 2.24. The Bertz CT molecular complexity index is 440. The quantitative estimate of drug-likeness (QED) is 0.841. The molecule has 0 amide bonds. The van der Waals surface area contributed by atoms with Crippen LogP contribution in [0.4, 0.5) is 0 Å². The van der Waals surface area contributed by atoms with Crippen molar-refractivity contribution in [2.45, 2.75) is 38.4 Å². The molecule has 0 fully saturated rings. The monoisotopic (exact) mass is 268 g/mol. The Morgan fingerprint density at radius 1 is 1.65 bits per heavy atom. The van der Waals surface area contributed by atoms with E-state index in [0.29, 0.717) is 10.8 Å². The van der Waals surface area contributed by atoms with Crippen LogP contribution in [0.3, 0.4) is 0 Å². The molecule has 1 aromatic rings. The van der Waals surface area contributed by atoms with Crippen molar-refractivity contribution in [3.05, 3.63) is 16.1 Å². The van der Waals surface area contributed by atoms with Gasteiger partial charge in [-0.05, 0) is 6.92 Å². The number of hydrogen-bond acceptors (Lipinski definition) is 5. The van der Waals surface area contributed by atoms with Gasteiger partial charge < -0.3 is 0 Å². The summed E-state index contributed by atoms with van der Waals surface area (Å²) in [5.41, 5.74) is 0.863. The van der Waals surface area contributed by atoms with Crippen LogP contribution in [0.2, 0.25) is 0 Å². The summed E-state index contributed by atoms with van der Waals surface area (Å²) in [4.78, 5) is 16.2. The maximum Gasteiger partial charge on any atom is 0.166 e. The molecular formula is C12H16N2OS2. The molecule has 3 nitrogen and oxygen atoms in total. The molecule has 0 spiro atoms. The topological polar surface area (TPSA) is 53.8 Å². The van der Waals surface area contributed by atoms with Crippen LogP contribution in [0.5, 0.6) is 0 Å². The van der Waals surface area contributed by atoms with Gasteiger partial charge in [-0.1, -0.05) is 20.8 Å². The Hall–Kier alpha value is -0.860. The number of thioether (sulfide) groups is 1. The van der Waals surface area contributed by atoms with Crippen LogP contribution in [0, 0.1) is 18.3 Å². The molecule has 1 aromatic heterocycles. The molecule has 0 aliphatic rings. The van der Waals surface area contributed by atoms with Gasteiger partial charge in [0, 0.05) is 15.8 Å². The van der Waals surface area contributed by atoms with E-state index < -0.39 is 5.92 Å². The molecule has 0 aliphatic carbocycles. The first-order valence-electron chi connectivity index (χ1n) is 5.32. The number of Topliss-reactive ketones (excluding diaryl/α,β-unsaturated/α-hetero) is 1. The van der Waals surface area contributed by atoms with Crippen LogP contribution >= 0.6 is 23.1 Å². The van der Waals surface area contributed by atoms with Gasteiger partial charge in [-0.3, -0.25) is 4.79 Å². The first kappa shape index (κ1) is 14.2. The van der Waals surface area contributed by atoms with E-state index in [2.05, 4.69) is 31.8 Å². The first-order chi connectivity index (χ1) is 7.83. The Morgan fingerprint density at radius 3 is 2.71 bits per heavy atom. The maximum absolute atomic E-state index is 12.0. The minimum absolute atomic E-state index is 0.0362. The summed E-state index contributed by atoms with van der Waals surface area (Å²) in [5.74, 6) is -0.397. The van der Waals surface area contributed by atoms with Gasteiger partial charge in [-0.25, -0.2) is 4.98 Å². The smallest absolute Gasteiger partial charge is 0.166 e. The molecule has 0 N–H and O–H groups in total. The summed E-state index contributed by atoms with van der Waals surface area (Å²) in [6.07, 6.45) is 0. The van der Waals surface area contributed by atoms with E-state index in [1.807, 2.05) is 12.3 Å². The second kappa shape index (κ2) is 5.65. The van der Waals surface area contributed by atoms with Crippen molar-refractivity contribution in [1.82, 2.24) is 4.98 Å². The normalized spacial score (nSPS) is 13.1. The molecule has 0 radical (unpaired) electrons. The van der Waals surface area contributed by atoms with Crippen molar-refractivity contribution >= 4 is 28.9 Å². The van der Waals surface area contributed by atoms with Crippen LogP contribution < -0.4 is 0 Å². The fourth-order valence-corrected chi connectivity index (χ4v) is 2.74. The summed E-state index contributed by atoms with van der Waals surface area (Å²) in [6.45, 7) is 8.03. The number of nitriles is 1. The molecule has 1 unspecified atom stereocenters. The molecule has 1 atom stereocenters. The molecule has 0 saturated carbocycles. The van der Waals surface area contributed by atoms with E-state index in [9.17, 15) is 4.79 Å². The van der Waals surface area contributed by atoms with Crippen LogP contribution in [-0.2, 0) is 4.79 Å². The minimum Gasteiger partial charge on any atom is -0.297 e. The molecule has 92 valence electrons. The third-order valence-electron chi connectivity index (χ3n) is 1.98. The molecule has 5 heteroatoms. The van der Waals surface area contributed by atoms with Gasteiger partial charge in [0.2, 0.25) is 0 Å². The van der Waals surface area contributed by atoms with Crippen LogP contribution in [0.15, 0.2) is 5.38 Å². The van der Waals surface area contributed by atoms with E-state index in [1.54, 1.807) is 11.8 Å². The number of aromatic nitrogens is 1. The summed E-state index contributed by atoms with van der Waals surface area (Å²) in [6, 6.07) is 2.05. The lowest BCUT2D eigenvalue weighted by molar-refractivity contribution is -0.116. The van der Waals surface area contributed by atoms with Crippen LogP contribution in [-0.4, -0.2) is 21.3 Å². The van der Waals surface area contributed by atoms with E-state index in [-0.39, 0.29) is 10.5 Å². The van der Waals surface area contributed by atoms with Crippen molar-refractivity contribution < 1.29 is 4.79 Å². The summed E-state index contributed by atoms with van der Waals surface area (Å²) >= 11 is 2.94. The average Bonchev–Trinajstić information content (AvgIpc) is 2.62. The van der Waals surface area contributed by atoms with Gasteiger partial charge in [-0.15, -0.1) is 23.1 Å². The van der Waals surface area contributed by atoms with Gasteiger partial charge >= 0.3 is 0 Å². The molecule has 1 rings (SSSR count). The van der Waals surface area contributed by atoms with Crippen molar-refractivity contribution in [3.8, 4) is 6.07 Å². The predicted octanol–water partition coefficient (Wildman–Crippen LogP) is 3.16. The Labute approximate surface area is 110 Å². The number of thiazole rings is 1. The molecule has 0 aliphatic heterocycles. The van der Waals surface area contributed by atoms with Gasteiger partial charge in [0.05, 0.1) is 11.8 Å². The zero-order valence-electron chi connectivity index (χ0n) is 10.5. The van der Waals surface area contributed by atoms with Gasteiger partial charge in [0.15, 0.2) is 11.7 Å². The molecule has 17 heavy (non-hydrogen) atoms. The predicted molar refractivity (Wildman–Crippen MR) is 72.4 cm³/mol. The lowest BCUT2D eigenvalue weighted by Crippen LogP contribution is -2.18. The second-order valence-electron chi connectivity index (χ2n) is 4.76. The van der Waals surface area contributed by atoms with Gasteiger partial charge in [0.1, 0.15) is 5.01 Å². The third kappa shape index (κ3) is 4.49. The Balaban J connectivity index is 2.70. The molecule has 0 aromatic carbocycles. The Kier molecular flexibility index (Phi) is 4.72. The fourth-order valence-electron chi connectivity index (χ4n) is 1.14. The maximum atomic E-state index is 12.0. The molecule has 1 heterocycles. The highest BCUT2D eigenvalue weighted by molar-refractivity contribution is 8.01. The fraction of sp³-hybridized carbons (Fsp3) is 0.583. The highest BCUT2D eigenvalue weighted by Crippen LogP contribution is 2.27. The lowest BCUT2D eigenvalue weighted by atomic mass is 10.1. The van der Waals surface area contributed by atoms with E-state index in [0.717, 1.165) is 5.69 Å². The van der Waals surface area contributed by atoms with Crippen molar-refractivity contribution in [1.29, 1.82) is 5.26 Å². The number of aryl methyl sites for hydroxylation is 1. The summed E-state index contributed by atoms with van der Waals surface area (Å²) in [7, 11) is 0. The van der Waals surface area contributed by atoms with Gasteiger partial charge in [-0.2, -0.15) is 5.26 Å². The SMILES string of the molecule is Cc1csc(C(C#N)C(=O)CSC(C)(C)C)n1. The van der Waals surface area contributed by atoms with Gasteiger partial charge in [0.25, 0.3) is 0 Å². The van der Waals surface area contributed by atoms with Crippen LogP contribution in [0.25, 0.3) is 0 Å². The number of rotatable bonds is 4. The number of hydrogen-bond donors (Lipinski definition) is 0. The highest BCUT2D eigenvalue weighted by atomic mass is 32.2. The summed E-state index contributed by atoms with van der Waals surface area (Å²) < 4.78 is 0.0362. The molecule has 0 bridgehead atoms. The summed E-state index contributed by atoms with van der Waals surface area (Å²) in [5, 5.41) is 11.6. The van der Waals surface area contributed by atoms with E-state index in [1.165, 1.54) is 11.3 Å². The largest absolute Gasteiger partial charge is 0.297 e. The van der Waals surface area contributed by atoms with Crippen molar-refractivity contribution in [2.24, 2.45) is 0 Å². The molecule has 0 saturated heterocycles. The average molecular weight is 268 g/mol. The van der Waals surface area contributed by atoms with Crippen molar-refractivity contribution in [2.75, 3.05) is 5.75 Å². The first-order valence-corrected chi connectivity index (χ1v) is 7.18. The number of ketones is 1. The third-order valence-corrected chi connectivity index (χ3v) is 4.30. The van der Waals surface area contributed by atoms with E-state index in [4.69, 9.17) is 5.26 Å². The lowest BCUT2D eigenvalue weighted by Gasteiger charge is -2.17. The standard InChI is InChI=1S/C12H16N2OS2/c1-8-6-16-11(14-8)9(5-13)10(15)7-17-12(2,3)4/h6,9H,7H2,1-4H3. The number of nitrogens with zero attached hydrogens (tertiary/aromatic N) is 2. The second-order valence-corrected chi connectivity index (χ2v) is 7.45. The Morgan fingerprint density at radius 2 is 2.29 bits per heavy atom. The zero-order valence-corrected chi connectivity index (χ0v) is 12.1. The van der Waals surface area contributed by atoms with Crippen LogP contribution in [0.1, 0.15) is 37.4 Å². The van der Waals surface area contributed by atoms with Crippen molar-refractivity contribution in [3.63, 3.8) is 0 Å². The molecular weight excluding hydrogens is 252 g/mol. The number of carbonyl (C=O) groups excluding carboxylic acids is 1. The minimum atomic E-state index is -0.705.